The molecule has 1 saturated heterocycles. The Bertz CT molecular complexity index is 304. The summed E-state index contributed by atoms with van der Waals surface area (Å²) in [7, 11) is 0. The van der Waals surface area contributed by atoms with Crippen molar-refractivity contribution >= 4 is 40.7 Å². The monoisotopic (exact) mass is 315 g/mol. The van der Waals surface area contributed by atoms with Gasteiger partial charge in [-0.25, -0.2) is 0 Å². The van der Waals surface area contributed by atoms with Crippen molar-refractivity contribution in [3.8, 4) is 0 Å². The molecule has 5 atom stereocenters. The lowest BCUT2D eigenvalue weighted by atomic mass is 9.78. The third-order valence-electron chi connectivity index (χ3n) is 3.88. The zero-order valence-electron chi connectivity index (χ0n) is 11.0. The van der Waals surface area contributed by atoms with E-state index in [0.29, 0.717) is 11.8 Å². The van der Waals surface area contributed by atoms with Gasteiger partial charge in [0.15, 0.2) is 0 Å². The van der Waals surface area contributed by atoms with Crippen molar-refractivity contribution in [3.05, 3.63) is 0 Å². The first-order chi connectivity index (χ1) is 8.18. The van der Waals surface area contributed by atoms with Gasteiger partial charge >= 0.3 is 0 Å². The average molecular weight is 317 g/mol. The SMILES string of the molecule is CCC1OC(OC(=N)C(Cl)(Cl)Cl)[C@H](C)[C@@H](C)[C@@H]1C. The van der Waals surface area contributed by atoms with Crippen LogP contribution in [0.25, 0.3) is 0 Å². The summed E-state index contributed by atoms with van der Waals surface area (Å²) in [4.78, 5) is 0. The smallest absolute Gasteiger partial charge is 0.265 e. The summed E-state index contributed by atoms with van der Waals surface area (Å²) in [5.41, 5.74) is 0. The minimum absolute atomic E-state index is 0.115. The molecule has 0 aromatic carbocycles. The Morgan fingerprint density at radius 2 is 1.72 bits per heavy atom. The minimum atomic E-state index is -1.84. The predicted octanol–water partition coefficient (Wildman–Crippen LogP) is 4.39. The average Bonchev–Trinajstić information content (AvgIpc) is 2.28. The van der Waals surface area contributed by atoms with Gasteiger partial charge in [-0.15, -0.1) is 0 Å². The summed E-state index contributed by atoms with van der Waals surface area (Å²) in [5.74, 6) is 0.639. The third-order valence-corrected chi connectivity index (χ3v) is 4.39. The second-order valence-electron chi connectivity index (χ2n) is 4.97. The molecule has 1 rings (SSSR count). The molecule has 0 aromatic rings. The van der Waals surface area contributed by atoms with Gasteiger partial charge in [0.2, 0.25) is 12.2 Å². The minimum Gasteiger partial charge on any atom is -0.448 e. The Morgan fingerprint density at radius 1 is 1.17 bits per heavy atom. The van der Waals surface area contributed by atoms with Crippen molar-refractivity contribution < 1.29 is 9.47 Å². The summed E-state index contributed by atoms with van der Waals surface area (Å²) < 4.78 is 9.41. The molecule has 0 aromatic heterocycles. The summed E-state index contributed by atoms with van der Waals surface area (Å²) in [5, 5.41) is 7.61. The van der Waals surface area contributed by atoms with Crippen LogP contribution in [0.15, 0.2) is 0 Å². The van der Waals surface area contributed by atoms with Gasteiger partial charge < -0.3 is 9.47 Å². The Kier molecular flexibility index (Phi) is 5.60. The van der Waals surface area contributed by atoms with E-state index in [2.05, 4.69) is 20.8 Å². The van der Waals surface area contributed by atoms with Gasteiger partial charge in [0.25, 0.3) is 3.79 Å². The van der Waals surface area contributed by atoms with Crippen molar-refractivity contribution in [2.75, 3.05) is 0 Å². The first-order valence-electron chi connectivity index (χ1n) is 6.16. The highest BCUT2D eigenvalue weighted by atomic mass is 35.6. The molecule has 1 aliphatic rings. The summed E-state index contributed by atoms with van der Waals surface area (Å²) in [6.07, 6.45) is 0.493. The lowest BCUT2D eigenvalue weighted by Crippen LogP contribution is -2.47. The molecule has 1 aliphatic heterocycles. The number of alkyl halides is 3. The van der Waals surface area contributed by atoms with Crippen LogP contribution in [-0.2, 0) is 9.47 Å². The Hall–Kier alpha value is 0.300. The standard InChI is InChI=1S/C12H20Cl3NO2/c1-5-9-7(3)6(2)8(4)10(17-9)18-11(16)12(13,14)15/h6-10,16H,5H2,1-4H3/t6-,7-,8+,9?,10?/m0/s1. The van der Waals surface area contributed by atoms with Gasteiger partial charge in [-0.1, -0.05) is 62.5 Å². The van der Waals surface area contributed by atoms with E-state index in [1.165, 1.54) is 0 Å². The van der Waals surface area contributed by atoms with Crippen molar-refractivity contribution in [2.45, 2.75) is 50.3 Å². The molecule has 1 fully saturated rings. The quantitative estimate of drug-likeness (QED) is 0.466. The number of ether oxygens (including phenoxy) is 2. The van der Waals surface area contributed by atoms with E-state index in [0.717, 1.165) is 6.42 Å². The Balaban J connectivity index is 2.74. The van der Waals surface area contributed by atoms with E-state index in [-0.39, 0.29) is 17.9 Å². The maximum Gasteiger partial charge on any atom is 0.265 e. The van der Waals surface area contributed by atoms with Gasteiger partial charge in [0.1, 0.15) is 0 Å². The maximum absolute atomic E-state index is 7.61. The third kappa shape index (κ3) is 3.66. The number of rotatable bonds is 2. The van der Waals surface area contributed by atoms with Crippen LogP contribution in [0.1, 0.15) is 34.1 Å². The molecule has 106 valence electrons. The van der Waals surface area contributed by atoms with Crippen molar-refractivity contribution in [3.63, 3.8) is 0 Å². The second kappa shape index (κ2) is 6.17. The molecule has 6 heteroatoms. The van der Waals surface area contributed by atoms with Gasteiger partial charge in [-0.2, -0.15) is 0 Å². The largest absolute Gasteiger partial charge is 0.448 e. The molecule has 1 heterocycles. The van der Waals surface area contributed by atoms with Crippen LogP contribution in [0.5, 0.6) is 0 Å². The summed E-state index contributed by atoms with van der Waals surface area (Å²) in [6.45, 7) is 8.44. The van der Waals surface area contributed by atoms with Gasteiger partial charge in [0.05, 0.1) is 6.10 Å². The van der Waals surface area contributed by atoms with Gasteiger partial charge in [-0.05, 0) is 18.3 Å². The van der Waals surface area contributed by atoms with Crippen molar-refractivity contribution in [1.82, 2.24) is 0 Å². The first kappa shape index (κ1) is 16.4. The second-order valence-corrected chi connectivity index (χ2v) is 7.25. The molecular weight excluding hydrogens is 296 g/mol. The first-order valence-corrected chi connectivity index (χ1v) is 7.29. The number of halogens is 3. The molecule has 0 saturated carbocycles. The zero-order valence-corrected chi connectivity index (χ0v) is 13.3. The molecule has 0 radical (unpaired) electrons. The van der Waals surface area contributed by atoms with Crippen LogP contribution in [0.3, 0.4) is 0 Å². The van der Waals surface area contributed by atoms with E-state index in [1.54, 1.807) is 0 Å². The molecule has 2 unspecified atom stereocenters. The van der Waals surface area contributed by atoms with E-state index in [4.69, 9.17) is 49.7 Å². The van der Waals surface area contributed by atoms with Gasteiger partial charge in [0, 0.05) is 5.92 Å². The topological polar surface area (TPSA) is 42.3 Å². The van der Waals surface area contributed by atoms with Crippen molar-refractivity contribution in [1.29, 1.82) is 5.41 Å². The highest BCUT2D eigenvalue weighted by Crippen LogP contribution is 2.38. The van der Waals surface area contributed by atoms with E-state index < -0.39 is 10.1 Å². The van der Waals surface area contributed by atoms with Crippen LogP contribution >= 0.6 is 34.8 Å². The number of nitrogens with one attached hydrogen (secondary N) is 1. The maximum atomic E-state index is 7.61. The Morgan fingerprint density at radius 3 is 2.17 bits per heavy atom. The predicted molar refractivity (Wildman–Crippen MR) is 75.5 cm³/mol. The van der Waals surface area contributed by atoms with Gasteiger partial charge in [-0.3, -0.25) is 5.41 Å². The van der Waals surface area contributed by atoms with Crippen LogP contribution in [0.2, 0.25) is 0 Å². The number of hydrogen-bond acceptors (Lipinski definition) is 3. The van der Waals surface area contributed by atoms with Crippen LogP contribution in [-0.4, -0.2) is 22.1 Å². The fourth-order valence-electron chi connectivity index (χ4n) is 2.27. The van der Waals surface area contributed by atoms with Crippen LogP contribution in [0.4, 0.5) is 0 Å². The molecule has 0 spiro atoms. The zero-order chi connectivity index (χ0) is 14.1. The van der Waals surface area contributed by atoms with Crippen molar-refractivity contribution in [2.24, 2.45) is 17.8 Å². The molecular formula is C12H20Cl3NO2. The van der Waals surface area contributed by atoms with E-state index in [1.807, 2.05) is 6.92 Å². The number of hydrogen-bond donors (Lipinski definition) is 1. The highest BCUT2D eigenvalue weighted by molar-refractivity contribution is 6.76. The summed E-state index contributed by atoms with van der Waals surface area (Å²) >= 11 is 16.8. The summed E-state index contributed by atoms with van der Waals surface area (Å²) in [6, 6.07) is 0. The Labute approximate surface area is 124 Å². The molecule has 1 N–H and O–H groups in total. The van der Waals surface area contributed by atoms with Crippen LogP contribution in [0, 0.1) is 23.2 Å². The normalized spacial score (nSPS) is 37.4. The van der Waals surface area contributed by atoms with E-state index >= 15 is 0 Å². The van der Waals surface area contributed by atoms with Crippen LogP contribution < -0.4 is 0 Å². The molecule has 0 amide bonds. The lowest BCUT2D eigenvalue weighted by molar-refractivity contribution is -0.218. The highest BCUT2D eigenvalue weighted by Gasteiger charge is 2.41. The molecule has 0 aliphatic carbocycles. The molecule has 18 heavy (non-hydrogen) atoms. The molecule has 0 bridgehead atoms. The molecule has 3 nitrogen and oxygen atoms in total. The fourth-order valence-corrected chi connectivity index (χ4v) is 2.41. The fraction of sp³-hybridized carbons (Fsp3) is 0.917. The van der Waals surface area contributed by atoms with E-state index in [9.17, 15) is 0 Å². The lowest BCUT2D eigenvalue weighted by Gasteiger charge is -2.43.